The number of aliphatic hydroxyl groups is 1. The molecule has 1 rings (SSSR count). The Bertz CT molecular complexity index is 94.7. The fraction of sp³-hybridized carbons (Fsp3) is 0.750. The lowest BCUT2D eigenvalue weighted by atomic mass is 10.1. The lowest BCUT2D eigenvalue weighted by Gasteiger charge is -2.04. The average Bonchev–Trinajstić information content (AvgIpc) is 2.63. The molecule has 1 N–H and O–H groups in total. The highest BCUT2D eigenvalue weighted by atomic mass is 16.3. The summed E-state index contributed by atoms with van der Waals surface area (Å²) in [5, 5.41) is 9.27. The highest BCUT2D eigenvalue weighted by Gasteiger charge is 2.28. The van der Waals surface area contributed by atoms with E-state index in [-0.39, 0.29) is 6.10 Å². The van der Waals surface area contributed by atoms with Crippen LogP contribution < -0.4 is 0 Å². The van der Waals surface area contributed by atoms with E-state index in [0.29, 0.717) is 5.92 Å². The molecule has 1 heteroatoms. The second-order valence-electron chi connectivity index (χ2n) is 2.77. The average molecular weight is 126 g/mol. The van der Waals surface area contributed by atoms with E-state index in [0.717, 1.165) is 12.8 Å². The summed E-state index contributed by atoms with van der Waals surface area (Å²) in [5.74, 6) is 0.630. The summed E-state index contributed by atoms with van der Waals surface area (Å²) in [7, 11) is 0. The van der Waals surface area contributed by atoms with Gasteiger partial charge in [0.25, 0.3) is 0 Å². The van der Waals surface area contributed by atoms with Crippen molar-refractivity contribution in [2.45, 2.75) is 31.8 Å². The van der Waals surface area contributed by atoms with E-state index >= 15 is 0 Å². The van der Waals surface area contributed by atoms with E-state index in [1.165, 1.54) is 12.8 Å². The largest absolute Gasteiger partial charge is 0.393 e. The predicted octanol–water partition coefficient (Wildman–Crippen LogP) is 1.72. The van der Waals surface area contributed by atoms with Crippen molar-refractivity contribution in [3.05, 3.63) is 12.7 Å². The summed E-state index contributed by atoms with van der Waals surface area (Å²) >= 11 is 0. The first-order chi connectivity index (χ1) is 4.34. The molecule has 0 spiro atoms. The fourth-order valence-electron chi connectivity index (χ4n) is 1.01. The summed E-state index contributed by atoms with van der Waals surface area (Å²) in [6.07, 6.45) is 6.16. The van der Waals surface area contributed by atoms with Gasteiger partial charge in [0.2, 0.25) is 0 Å². The van der Waals surface area contributed by atoms with Gasteiger partial charge in [0, 0.05) is 0 Å². The standard InChI is InChI=1S/C8H14O/c1-2-3-4-8(9)7-5-6-7/h2,7-9H,1,3-6H2/t8-/m0/s1. The molecule has 1 aliphatic carbocycles. The van der Waals surface area contributed by atoms with Crippen molar-refractivity contribution in [1.29, 1.82) is 0 Å². The third-order valence-electron chi connectivity index (χ3n) is 1.83. The lowest BCUT2D eigenvalue weighted by molar-refractivity contribution is 0.142. The van der Waals surface area contributed by atoms with Gasteiger partial charge in [0.15, 0.2) is 0 Å². The molecule has 0 radical (unpaired) electrons. The Balaban J connectivity index is 2.02. The summed E-state index contributed by atoms with van der Waals surface area (Å²) in [5.41, 5.74) is 0. The number of aliphatic hydroxyl groups excluding tert-OH is 1. The van der Waals surface area contributed by atoms with Crippen LogP contribution in [0, 0.1) is 5.92 Å². The highest BCUT2D eigenvalue weighted by molar-refractivity contribution is 4.82. The summed E-state index contributed by atoms with van der Waals surface area (Å²) in [4.78, 5) is 0. The zero-order chi connectivity index (χ0) is 6.69. The van der Waals surface area contributed by atoms with E-state index in [4.69, 9.17) is 0 Å². The predicted molar refractivity (Wildman–Crippen MR) is 38.2 cm³/mol. The topological polar surface area (TPSA) is 20.2 Å². The molecule has 9 heavy (non-hydrogen) atoms. The van der Waals surface area contributed by atoms with Crippen molar-refractivity contribution in [1.82, 2.24) is 0 Å². The van der Waals surface area contributed by atoms with Crippen LogP contribution >= 0.6 is 0 Å². The van der Waals surface area contributed by atoms with Gasteiger partial charge < -0.3 is 5.11 Å². The Morgan fingerprint density at radius 2 is 2.33 bits per heavy atom. The monoisotopic (exact) mass is 126 g/mol. The van der Waals surface area contributed by atoms with Crippen molar-refractivity contribution < 1.29 is 5.11 Å². The maximum absolute atomic E-state index is 9.27. The third kappa shape index (κ3) is 2.19. The Hall–Kier alpha value is -0.300. The number of hydrogen-bond acceptors (Lipinski definition) is 1. The molecule has 1 saturated carbocycles. The van der Waals surface area contributed by atoms with Gasteiger partial charge >= 0.3 is 0 Å². The third-order valence-corrected chi connectivity index (χ3v) is 1.83. The molecule has 0 unspecified atom stereocenters. The molecule has 0 aliphatic heterocycles. The molecule has 1 fully saturated rings. The zero-order valence-corrected chi connectivity index (χ0v) is 5.71. The quantitative estimate of drug-likeness (QED) is 0.569. The first-order valence-electron chi connectivity index (χ1n) is 3.63. The molecule has 1 aliphatic rings. The summed E-state index contributed by atoms with van der Waals surface area (Å²) in [6, 6.07) is 0. The van der Waals surface area contributed by atoms with Gasteiger partial charge in [0.05, 0.1) is 6.10 Å². The van der Waals surface area contributed by atoms with Crippen LogP contribution in [0.3, 0.4) is 0 Å². The van der Waals surface area contributed by atoms with Crippen molar-refractivity contribution in [3.63, 3.8) is 0 Å². The first-order valence-corrected chi connectivity index (χ1v) is 3.63. The number of allylic oxidation sites excluding steroid dienone is 1. The number of hydrogen-bond donors (Lipinski definition) is 1. The van der Waals surface area contributed by atoms with Gasteiger partial charge in [-0.2, -0.15) is 0 Å². The summed E-state index contributed by atoms with van der Waals surface area (Å²) in [6.45, 7) is 3.60. The van der Waals surface area contributed by atoms with Gasteiger partial charge in [-0.1, -0.05) is 6.08 Å². The minimum absolute atomic E-state index is 0.0389. The van der Waals surface area contributed by atoms with Crippen molar-refractivity contribution in [3.8, 4) is 0 Å². The van der Waals surface area contributed by atoms with Crippen LogP contribution in [0.1, 0.15) is 25.7 Å². The second-order valence-corrected chi connectivity index (χ2v) is 2.77. The van der Waals surface area contributed by atoms with Gasteiger partial charge in [0.1, 0.15) is 0 Å². The van der Waals surface area contributed by atoms with Crippen LogP contribution in [0.4, 0.5) is 0 Å². The Morgan fingerprint density at radius 1 is 1.67 bits per heavy atom. The molecule has 0 aromatic carbocycles. The minimum Gasteiger partial charge on any atom is -0.393 e. The van der Waals surface area contributed by atoms with Crippen LogP contribution in [0.25, 0.3) is 0 Å². The zero-order valence-electron chi connectivity index (χ0n) is 5.71. The van der Waals surface area contributed by atoms with E-state index in [1.54, 1.807) is 0 Å². The van der Waals surface area contributed by atoms with Crippen LogP contribution in [-0.2, 0) is 0 Å². The Labute approximate surface area is 56.4 Å². The molecule has 1 nitrogen and oxygen atoms in total. The molecule has 0 heterocycles. The molecule has 0 saturated heterocycles. The van der Waals surface area contributed by atoms with Gasteiger partial charge in [-0.15, -0.1) is 6.58 Å². The molecule has 52 valence electrons. The van der Waals surface area contributed by atoms with Crippen LogP contribution in [0.15, 0.2) is 12.7 Å². The van der Waals surface area contributed by atoms with Gasteiger partial charge in [-0.3, -0.25) is 0 Å². The molecule has 1 atom stereocenters. The minimum atomic E-state index is -0.0389. The van der Waals surface area contributed by atoms with Crippen molar-refractivity contribution >= 4 is 0 Å². The lowest BCUT2D eigenvalue weighted by Crippen LogP contribution is -2.07. The molecule has 0 aromatic rings. The molecule has 0 bridgehead atoms. The SMILES string of the molecule is C=CCC[C@H](O)C1CC1. The smallest absolute Gasteiger partial charge is 0.0571 e. The maximum atomic E-state index is 9.27. The van der Waals surface area contributed by atoms with Crippen molar-refractivity contribution in [2.24, 2.45) is 5.92 Å². The maximum Gasteiger partial charge on any atom is 0.0571 e. The first kappa shape index (κ1) is 6.81. The Kier molecular flexibility index (Phi) is 2.29. The van der Waals surface area contributed by atoms with E-state index in [2.05, 4.69) is 6.58 Å². The van der Waals surface area contributed by atoms with Gasteiger partial charge in [-0.05, 0) is 31.6 Å². The van der Waals surface area contributed by atoms with E-state index < -0.39 is 0 Å². The fourth-order valence-corrected chi connectivity index (χ4v) is 1.01. The van der Waals surface area contributed by atoms with Crippen LogP contribution in [0.2, 0.25) is 0 Å². The highest BCUT2D eigenvalue weighted by Crippen LogP contribution is 2.34. The second kappa shape index (κ2) is 3.02. The normalized spacial score (nSPS) is 21.4. The van der Waals surface area contributed by atoms with Gasteiger partial charge in [-0.25, -0.2) is 0 Å². The van der Waals surface area contributed by atoms with Crippen LogP contribution in [-0.4, -0.2) is 11.2 Å². The van der Waals surface area contributed by atoms with E-state index in [1.807, 2.05) is 6.08 Å². The molecule has 0 amide bonds. The number of rotatable bonds is 4. The van der Waals surface area contributed by atoms with Crippen LogP contribution in [0.5, 0.6) is 0 Å². The van der Waals surface area contributed by atoms with E-state index in [9.17, 15) is 5.11 Å². The Morgan fingerprint density at radius 3 is 2.78 bits per heavy atom. The van der Waals surface area contributed by atoms with Crippen molar-refractivity contribution in [2.75, 3.05) is 0 Å². The molecule has 0 aromatic heterocycles. The molecular formula is C8H14O. The molecular weight excluding hydrogens is 112 g/mol. The summed E-state index contributed by atoms with van der Waals surface area (Å²) < 4.78 is 0.